The second-order valence-electron chi connectivity index (χ2n) is 6.95. The lowest BCUT2D eigenvalue weighted by atomic mass is 10.0. The van der Waals surface area contributed by atoms with Crippen molar-refractivity contribution in [2.75, 3.05) is 6.61 Å². The smallest absolute Gasteiger partial charge is 0.132 e. The van der Waals surface area contributed by atoms with Crippen LogP contribution in [0.5, 0.6) is 0 Å². The second kappa shape index (κ2) is 11.6. The van der Waals surface area contributed by atoms with Crippen LogP contribution in [-0.2, 0) is 11.2 Å². The van der Waals surface area contributed by atoms with Crippen LogP contribution in [0.15, 0.2) is 42.6 Å². The van der Waals surface area contributed by atoms with Gasteiger partial charge in [-0.3, -0.25) is 0 Å². The number of hydrogen-bond donors (Lipinski definition) is 0. The molecule has 0 aliphatic rings. The maximum absolute atomic E-state index is 5.76. The maximum atomic E-state index is 5.76. The molecule has 0 spiro atoms. The summed E-state index contributed by atoms with van der Waals surface area (Å²) >= 11 is 0. The van der Waals surface area contributed by atoms with Crippen molar-refractivity contribution in [3.05, 3.63) is 48.2 Å². The Morgan fingerprint density at radius 3 is 2.38 bits per heavy atom. The molecule has 0 aliphatic heterocycles. The Morgan fingerprint density at radius 1 is 1.00 bits per heavy atom. The van der Waals surface area contributed by atoms with E-state index in [1.165, 1.54) is 61.8 Å². The Morgan fingerprint density at radius 2 is 1.69 bits per heavy atom. The van der Waals surface area contributed by atoms with Crippen LogP contribution >= 0.6 is 0 Å². The maximum Gasteiger partial charge on any atom is 0.132 e. The lowest BCUT2D eigenvalue weighted by Gasteiger charge is -2.18. The summed E-state index contributed by atoms with van der Waals surface area (Å²) in [7, 11) is 0. The van der Waals surface area contributed by atoms with E-state index in [0.717, 1.165) is 6.42 Å². The quantitative estimate of drug-likeness (QED) is 0.310. The molecule has 2 aromatic rings. The number of benzene rings is 1. The second-order valence-corrected chi connectivity index (χ2v) is 6.95. The zero-order chi connectivity index (χ0) is 18.6. The molecule has 0 N–H and O–H groups in total. The van der Waals surface area contributed by atoms with Crippen LogP contribution < -0.4 is 0 Å². The zero-order valence-corrected chi connectivity index (χ0v) is 16.4. The van der Waals surface area contributed by atoms with Crippen LogP contribution in [0.4, 0.5) is 0 Å². The van der Waals surface area contributed by atoms with Crippen LogP contribution in [0.2, 0.25) is 0 Å². The molecule has 0 fully saturated rings. The van der Waals surface area contributed by atoms with Crippen LogP contribution in [0.3, 0.4) is 0 Å². The summed E-state index contributed by atoms with van der Waals surface area (Å²) in [4.78, 5) is 0. The van der Waals surface area contributed by atoms with Gasteiger partial charge in [0.2, 0.25) is 0 Å². The van der Waals surface area contributed by atoms with Crippen LogP contribution in [0, 0.1) is 12.3 Å². The van der Waals surface area contributed by atoms with Gasteiger partial charge in [0.15, 0.2) is 0 Å². The van der Waals surface area contributed by atoms with Crippen molar-refractivity contribution in [3.8, 4) is 23.6 Å². The SMILES string of the molecule is C#CCO[C@@H](C)n1ccc(CCCCCCCCC)c1-c1ccccc1. The molecule has 1 aromatic heterocycles. The van der Waals surface area contributed by atoms with Crippen molar-refractivity contribution in [3.63, 3.8) is 0 Å². The van der Waals surface area contributed by atoms with Gasteiger partial charge >= 0.3 is 0 Å². The minimum Gasteiger partial charge on any atom is -0.346 e. The number of ether oxygens (including phenoxy) is 1. The van der Waals surface area contributed by atoms with Crippen molar-refractivity contribution in [2.45, 2.75) is 71.4 Å². The summed E-state index contributed by atoms with van der Waals surface area (Å²) in [6, 6.07) is 12.8. The summed E-state index contributed by atoms with van der Waals surface area (Å²) < 4.78 is 7.97. The van der Waals surface area contributed by atoms with Crippen molar-refractivity contribution in [2.24, 2.45) is 0 Å². The normalized spacial score (nSPS) is 12.0. The Labute approximate surface area is 159 Å². The summed E-state index contributed by atoms with van der Waals surface area (Å²) in [5.41, 5.74) is 3.91. The highest BCUT2D eigenvalue weighted by Gasteiger charge is 2.15. The van der Waals surface area contributed by atoms with Crippen LogP contribution in [0.25, 0.3) is 11.3 Å². The lowest BCUT2D eigenvalue weighted by molar-refractivity contribution is 0.0396. The van der Waals surface area contributed by atoms with Gasteiger partial charge in [-0.2, -0.15) is 0 Å². The molecule has 2 nitrogen and oxygen atoms in total. The van der Waals surface area contributed by atoms with Crippen LogP contribution in [0.1, 0.15) is 70.6 Å². The van der Waals surface area contributed by atoms with E-state index in [0.29, 0.717) is 6.61 Å². The average molecular weight is 352 g/mol. The first-order chi connectivity index (χ1) is 12.8. The predicted molar refractivity (Wildman–Crippen MR) is 111 cm³/mol. The highest BCUT2D eigenvalue weighted by molar-refractivity contribution is 5.64. The van der Waals surface area contributed by atoms with E-state index in [1.807, 2.05) is 0 Å². The Bertz CT molecular complexity index is 665. The summed E-state index contributed by atoms with van der Waals surface area (Å²) in [6.45, 7) is 4.66. The third-order valence-corrected chi connectivity index (χ3v) is 4.90. The molecule has 1 heterocycles. The third-order valence-electron chi connectivity index (χ3n) is 4.90. The standard InChI is InChI=1S/C24H33NO/c1-4-6-7-8-9-10-12-17-23-18-19-25(21(3)26-20-5-2)24(23)22-15-13-11-14-16-22/h2,11,13-16,18-19,21H,4,6-10,12,17,20H2,1,3H3/t21-/m0/s1. The third kappa shape index (κ3) is 6.07. The molecular formula is C24H33NO. The van der Waals surface area contributed by atoms with Crippen molar-refractivity contribution in [1.29, 1.82) is 0 Å². The van der Waals surface area contributed by atoms with Gasteiger partial charge in [-0.05, 0) is 37.0 Å². The molecule has 0 bridgehead atoms. The van der Waals surface area contributed by atoms with E-state index in [9.17, 15) is 0 Å². The van der Waals surface area contributed by atoms with E-state index >= 15 is 0 Å². The molecule has 26 heavy (non-hydrogen) atoms. The van der Waals surface area contributed by atoms with E-state index in [4.69, 9.17) is 11.2 Å². The Hall–Kier alpha value is -1.98. The number of unbranched alkanes of at least 4 members (excludes halogenated alkanes) is 6. The van der Waals surface area contributed by atoms with Gasteiger partial charge in [0.1, 0.15) is 12.8 Å². The fourth-order valence-corrected chi connectivity index (χ4v) is 3.45. The number of terminal acetylenes is 1. The fraction of sp³-hybridized carbons (Fsp3) is 0.500. The largest absolute Gasteiger partial charge is 0.346 e. The first-order valence-electron chi connectivity index (χ1n) is 10.1. The highest BCUT2D eigenvalue weighted by Crippen LogP contribution is 2.29. The Balaban J connectivity index is 2.04. The van der Waals surface area contributed by atoms with E-state index in [2.05, 4.69) is 66.9 Å². The molecule has 0 radical (unpaired) electrons. The molecule has 2 heteroatoms. The molecule has 0 unspecified atom stereocenters. The topological polar surface area (TPSA) is 14.2 Å². The molecule has 1 aromatic carbocycles. The minimum atomic E-state index is -0.0657. The van der Waals surface area contributed by atoms with Gasteiger partial charge in [0.25, 0.3) is 0 Å². The van der Waals surface area contributed by atoms with Gasteiger partial charge in [-0.25, -0.2) is 0 Å². The molecule has 2 rings (SSSR count). The molecular weight excluding hydrogens is 318 g/mol. The van der Waals surface area contributed by atoms with Crippen molar-refractivity contribution >= 4 is 0 Å². The molecule has 0 amide bonds. The van der Waals surface area contributed by atoms with Crippen molar-refractivity contribution in [1.82, 2.24) is 4.57 Å². The summed E-state index contributed by atoms with van der Waals surface area (Å²) in [5.74, 6) is 2.56. The average Bonchev–Trinajstić information content (AvgIpc) is 3.10. The number of nitrogens with zero attached hydrogens (tertiary/aromatic N) is 1. The first-order valence-corrected chi connectivity index (χ1v) is 10.1. The van der Waals surface area contributed by atoms with Gasteiger partial charge in [-0.15, -0.1) is 6.42 Å². The number of rotatable bonds is 12. The first kappa shape index (κ1) is 20.3. The van der Waals surface area contributed by atoms with Gasteiger partial charge in [-0.1, -0.05) is 81.7 Å². The number of aryl methyl sites for hydroxylation is 1. The van der Waals surface area contributed by atoms with Crippen LogP contribution in [-0.4, -0.2) is 11.2 Å². The van der Waals surface area contributed by atoms with E-state index < -0.39 is 0 Å². The van der Waals surface area contributed by atoms with E-state index in [-0.39, 0.29) is 6.23 Å². The minimum absolute atomic E-state index is 0.0657. The molecule has 0 saturated carbocycles. The van der Waals surface area contributed by atoms with Gasteiger partial charge < -0.3 is 9.30 Å². The monoisotopic (exact) mass is 351 g/mol. The predicted octanol–water partition coefficient (Wildman–Crippen LogP) is 6.62. The lowest BCUT2D eigenvalue weighted by Crippen LogP contribution is -2.10. The van der Waals surface area contributed by atoms with Gasteiger partial charge in [0, 0.05) is 6.20 Å². The number of aromatic nitrogens is 1. The molecule has 140 valence electrons. The summed E-state index contributed by atoms with van der Waals surface area (Å²) in [5, 5.41) is 0. The summed E-state index contributed by atoms with van der Waals surface area (Å²) in [6.07, 6.45) is 17.9. The van der Waals surface area contributed by atoms with Gasteiger partial charge in [0.05, 0.1) is 5.69 Å². The molecule has 0 aliphatic carbocycles. The highest BCUT2D eigenvalue weighted by atomic mass is 16.5. The molecule has 1 atom stereocenters. The van der Waals surface area contributed by atoms with Crippen molar-refractivity contribution < 1.29 is 4.74 Å². The zero-order valence-electron chi connectivity index (χ0n) is 16.4. The number of hydrogen-bond acceptors (Lipinski definition) is 1. The van der Waals surface area contributed by atoms with E-state index in [1.54, 1.807) is 0 Å². The fourth-order valence-electron chi connectivity index (χ4n) is 3.45. The molecule has 0 saturated heterocycles. The Kier molecular flexibility index (Phi) is 9.07.